The Morgan fingerprint density at radius 1 is 1.28 bits per heavy atom. The Hall–Kier alpha value is -1.95. The number of nitrogens with one attached hydrogen (secondary N) is 1. The number of hydrogen-bond donors (Lipinski definition) is 1. The van der Waals surface area contributed by atoms with Gasteiger partial charge in [0.1, 0.15) is 0 Å². The summed E-state index contributed by atoms with van der Waals surface area (Å²) < 4.78 is 6.03. The van der Waals surface area contributed by atoms with Crippen LogP contribution in [0.4, 0.5) is 5.69 Å². The van der Waals surface area contributed by atoms with Crippen molar-refractivity contribution >= 4 is 23.2 Å². The second-order valence-corrected chi connectivity index (χ2v) is 6.67. The molecule has 1 aromatic heterocycles. The highest BCUT2D eigenvalue weighted by molar-refractivity contribution is 6.32. The Balaban J connectivity index is 1.69. The van der Waals surface area contributed by atoms with Gasteiger partial charge in [0.2, 0.25) is 5.91 Å². The molecule has 3 unspecified atom stereocenters. The van der Waals surface area contributed by atoms with Gasteiger partial charge in [-0.15, -0.1) is 0 Å². The Kier molecular flexibility index (Phi) is 5.68. The lowest BCUT2D eigenvalue weighted by molar-refractivity contribution is -0.127. The van der Waals surface area contributed by atoms with E-state index in [2.05, 4.69) is 41.2 Å². The van der Waals surface area contributed by atoms with Crippen LogP contribution < -0.4 is 5.32 Å². The van der Waals surface area contributed by atoms with Crippen molar-refractivity contribution in [1.29, 1.82) is 0 Å². The molecule has 0 bridgehead atoms. The van der Waals surface area contributed by atoms with Gasteiger partial charge >= 0.3 is 0 Å². The monoisotopic (exact) mass is 359 g/mol. The average molecular weight is 360 g/mol. The number of carbonyl (C=O) groups is 1. The van der Waals surface area contributed by atoms with Gasteiger partial charge in [-0.3, -0.25) is 9.69 Å². The zero-order valence-corrected chi connectivity index (χ0v) is 15.1. The Morgan fingerprint density at radius 2 is 2.04 bits per heavy atom. The van der Waals surface area contributed by atoms with E-state index < -0.39 is 0 Å². The van der Waals surface area contributed by atoms with Crippen molar-refractivity contribution in [3.63, 3.8) is 0 Å². The van der Waals surface area contributed by atoms with Gasteiger partial charge in [0.05, 0.1) is 24.9 Å². The minimum absolute atomic E-state index is 0.0489. The third-order valence-electron chi connectivity index (χ3n) is 4.53. The Morgan fingerprint density at radius 3 is 2.76 bits per heavy atom. The van der Waals surface area contributed by atoms with Gasteiger partial charge in [0, 0.05) is 18.3 Å². The summed E-state index contributed by atoms with van der Waals surface area (Å²) in [7, 11) is 0. The summed E-state index contributed by atoms with van der Waals surface area (Å²) in [6.07, 6.45) is 1.54. The van der Waals surface area contributed by atoms with E-state index >= 15 is 0 Å². The molecule has 1 fully saturated rings. The van der Waals surface area contributed by atoms with E-state index in [4.69, 9.17) is 16.3 Å². The molecule has 0 saturated carbocycles. The number of rotatable bonds is 4. The molecule has 1 aliphatic rings. The highest BCUT2D eigenvalue weighted by Gasteiger charge is 2.35. The number of ether oxygens (including phenoxy) is 1. The fraction of sp³-hybridized carbons (Fsp3) is 0.368. The first-order valence-corrected chi connectivity index (χ1v) is 8.76. The number of halogens is 1. The van der Waals surface area contributed by atoms with Crippen LogP contribution in [0.5, 0.6) is 0 Å². The van der Waals surface area contributed by atoms with E-state index in [0.29, 0.717) is 17.4 Å². The zero-order chi connectivity index (χ0) is 17.8. The maximum atomic E-state index is 12.5. The number of aromatic nitrogens is 1. The van der Waals surface area contributed by atoms with E-state index in [0.717, 1.165) is 5.56 Å². The smallest absolute Gasteiger partial charge is 0.238 e. The molecular weight excluding hydrogens is 338 g/mol. The van der Waals surface area contributed by atoms with Crippen molar-refractivity contribution in [2.75, 3.05) is 18.5 Å². The first kappa shape index (κ1) is 17.9. The largest absolute Gasteiger partial charge is 0.370 e. The second-order valence-electron chi connectivity index (χ2n) is 6.32. The lowest BCUT2D eigenvalue weighted by atomic mass is 9.98. The van der Waals surface area contributed by atoms with E-state index in [1.165, 1.54) is 0 Å². The normalized spacial score (nSPS) is 24.0. The average Bonchev–Trinajstić information content (AvgIpc) is 2.61. The molecule has 1 saturated heterocycles. The Bertz CT molecular complexity index is 726. The third-order valence-corrected chi connectivity index (χ3v) is 4.83. The van der Waals surface area contributed by atoms with Crippen LogP contribution in [-0.2, 0) is 9.53 Å². The van der Waals surface area contributed by atoms with Gasteiger partial charge in [-0.05, 0) is 31.5 Å². The topological polar surface area (TPSA) is 54.5 Å². The molecule has 5 nitrogen and oxygen atoms in total. The number of hydrogen-bond acceptors (Lipinski definition) is 4. The van der Waals surface area contributed by atoms with Crippen LogP contribution in [0.1, 0.15) is 25.5 Å². The molecule has 0 aliphatic carbocycles. The second kappa shape index (κ2) is 7.95. The van der Waals surface area contributed by atoms with Crippen LogP contribution in [0.15, 0.2) is 48.7 Å². The van der Waals surface area contributed by atoms with Crippen LogP contribution >= 0.6 is 11.6 Å². The van der Waals surface area contributed by atoms with Crippen molar-refractivity contribution in [3.8, 4) is 0 Å². The standard InChI is InChI=1S/C19H22ClN3O2/c1-13-12-25-18(15-7-4-3-5-8-15)14(2)23(13)11-17(24)22-16-9-6-10-21-19(16)20/h3-10,13-14,18H,11-12H2,1-2H3,(H,22,24). The first-order valence-electron chi connectivity index (χ1n) is 8.39. The molecule has 6 heteroatoms. The molecule has 25 heavy (non-hydrogen) atoms. The Labute approximate surface area is 153 Å². The third kappa shape index (κ3) is 4.18. The minimum atomic E-state index is -0.109. The minimum Gasteiger partial charge on any atom is -0.370 e. The lowest BCUT2D eigenvalue weighted by Gasteiger charge is -2.43. The number of amides is 1. The molecule has 2 heterocycles. The van der Waals surface area contributed by atoms with E-state index in [-0.39, 0.29) is 30.6 Å². The number of morpholine rings is 1. The van der Waals surface area contributed by atoms with Crippen LogP contribution in [0.3, 0.4) is 0 Å². The molecule has 0 spiro atoms. The maximum absolute atomic E-state index is 12.5. The molecule has 1 aliphatic heterocycles. The molecule has 0 radical (unpaired) electrons. The van der Waals surface area contributed by atoms with Crippen LogP contribution in [-0.4, -0.2) is 41.0 Å². The van der Waals surface area contributed by atoms with Gasteiger partial charge in [-0.1, -0.05) is 41.9 Å². The highest BCUT2D eigenvalue weighted by atomic mass is 35.5. The zero-order valence-electron chi connectivity index (χ0n) is 14.4. The van der Waals surface area contributed by atoms with E-state index in [1.54, 1.807) is 18.3 Å². The van der Waals surface area contributed by atoms with E-state index in [9.17, 15) is 4.79 Å². The number of nitrogens with zero attached hydrogens (tertiary/aromatic N) is 2. The fourth-order valence-electron chi connectivity index (χ4n) is 3.21. The van der Waals surface area contributed by atoms with Crippen molar-refractivity contribution in [2.24, 2.45) is 0 Å². The van der Waals surface area contributed by atoms with Crippen LogP contribution in [0, 0.1) is 0 Å². The fourth-order valence-corrected chi connectivity index (χ4v) is 3.37. The van der Waals surface area contributed by atoms with Crippen molar-refractivity contribution < 1.29 is 9.53 Å². The van der Waals surface area contributed by atoms with Crippen molar-refractivity contribution in [1.82, 2.24) is 9.88 Å². The highest BCUT2D eigenvalue weighted by Crippen LogP contribution is 2.30. The van der Waals surface area contributed by atoms with Crippen LogP contribution in [0.2, 0.25) is 5.15 Å². The summed E-state index contributed by atoms with van der Waals surface area (Å²) in [6.45, 7) is 5.03. The molecule has 1 N–H and O–H groups in total. The summed E-state index contributed by atoms with van der Waals surface area (Å²) >= 11 is 6.01. The predicted molar refractivity (Wildman–Crippen MR) is 98.6 cm³/mol. The molecule has 132 valence electrons. The first-order chi connectivity index (χ1) is 12.1. The quantitative estimate of drug-likeness (QED) is 0.848. The van der Waals surface area contributed by atoms with Crippen LogP contribution in [0.25, 0.3) is 0 Å². The number of benzene rings is 1. The van der Waals surface area contributed by atoms with Gasteiger partial charge in [0.15, 0.2) is 5.15 Å². The van der Waals surface area contributed by atoms with Gasteiger partial charge in [-0.2, -0.15) is 0 Å². The lowest BCUT2D eigenvalue weighted by Crippen LogP contribution is -2.53. The number of carbonyl (C=O) groups excluding carboxylic acids is 1. The molecule has 3 atom stereocenters. The maximum Gasteiger partial charge on any atom is 0.238 e. The molecule has 2 aromatic rings. The summed E-state index contributed by atoms with van der Waals surface area (Å²) in [5.41, 5.74) is 1.66. The molecule has 1 aromatic carbocycles. The predicted octanol–water partition coefficient (Wildman–Crippen LogP) is 3.52. The van der Waals surface area contributed by atoms with Crippen molar-refractivity contribution in [2.45, 2.75) is 32.0 Å². The van der Waals surface area contributed by atoms with Crippen molar-refractivity contribution in [3.05, 3.63) is 59.4 Å². The summed E-state index contributed by atoms with van der Waals surface area (Å²) in [5, 5.41) is 3.13. The summed E-state index contributed by atoms with van der Waals surface area (Å²) in [4.78, 5) is 18.6. The molecule has 1 amide bonds. The number of pyridine rings is 1. The van der Waals surface area contributed by atoms with Gasteiger partial charge < -0.3 is 10.1 Å². The summed E-state index contributed by atoms with van der Waals surface area (Å²) in [6, 6.07) is 13.8. The van der Waals surface area contributed by atoms with Gasteiger partial charge in [-0.25, -0.2) is 4.98 Å². The molecular formula is C19H22ClN3O2. The van der Waals surface area contributed by atoms with Gasteiger partial charge in [0.25, 0.3) is 0 Å². The molecule has 3 rings (SSSR count). The SMILES string of the molecule is CC1COC(c2ccccc2)C(C)N1CC(=O)Nc1cccnc1Cl. The number of anilines is 1. The van der Waals surface area contributed by atoms with E-state index in [1.807, 2.05) is 18.2 Å². The summed E-state index contributed by atoms with van der Waals surface area (Å²) in [5.74, 6) is -0.109.